The van der Waals surface area contributed by atoms with Crippen molar-refractivity contribution in [2.45, 2.75) is 12.8 Å². The average Bonchev–Trinajstić information content (AvgIpc) is 2.82. The van der Waals surface area contributed by atoms with Crippen molar-refractivity contribution < 1.29 is 0 Å². The van der Waals surface area contributed by atoms with Crippen LogP contribution in [0.3, 0.4) is 0 Å². The number of allylic oxidation sites excluding steroid dienone is 4. The molecular weight excluding hydrogens is 192 g/mol. The predicted octanol–water partition coefficient (Wildman–Crippen LogP) is 4.27. The van der Waals surface area contributed by atoms with E-state index >= 15 is 0 Å². The van der Waals surface area contributed by atoms with Crippen LogP contribution in [0.15, 0.2) is 66.3 Å². The zero-order valence-electron chi connectivity index (χ0n) is 9.19. The summed E-state index contributed by atoms with van der Waals surface area (Å²) >= 11 is 0. The Balaban J connectivity index is 2.03. The van der Waals surface area contributed by atoms with Gasteiger partial charge in [0.1, 0.15) is 0 Å². The molecule has 0 saturated carbocycles. The Morgan fingerprint density at radius 3 is 2.69 bits per heavy atom. The highest BCUT2D eigenvalue weighted by molar-refractivity contribution is 5.85. The van der Waals surface area contributed by atoms with Crippen LogP contribution in [0.5, 0.6) is 0 Å². The van der Waals surface area contributed by atoms with Crippen molar-refractivity contribution in [1.29, 1.82) is 0 Å². The van der Waals surface area contributed by atoms with E-state index in [4.69, 9.17) is 0 Å². The van der Waals surface area contributed by atoms with Crippen LogP contribution in [-0.4, -0.2) is 0 Å². The summed E-state index contributed by atoms with van der Waals surface area (Å²) in [5.41, 5.74) is 2.95. The van der Waals surface area contributed by atoms with Gasteiger partial charge in [-0.3, -0.25) is 0 Å². The Labute approximate surface area is 95.9 Å². The van der Waals surface area contributed by atoms with E-state index in [1.54, 1.807) is 0 Å². The Kier molecular flexibility index (Phi) is 2.34. The summed E-state index contributed by atoms with van der Waals surface area (Å²) in [6.45, 7) is 0. The van der Waals surface area contributed by atoms with Crippen LogP contribution in [0.1, 0.15) is 12.0 Å². The summed E-state index contributed by atoms with van der Waals surface area (Å²) in [6.07, 6.45) is 8.81. The number of fused-ring (bicyclic) bond motifs is 1. The first-order valence-corrected chi connectivity index (χ1v) is 5.75. The summed E-state index contributed by atoms with van der Waals surface area (Å²) < 4.78 is 0. The quantitative estimate of drug-likeness (QED) is 0.688. The highest BCUT2D eigenvalue weighted by atomic mass is 14.1. The monoisotopic (exact) mass is 206 g/mol. The van der Waals surface area contributed by atoms with Gasteiger partial charge in [-0.15, -0.1) is 0 Å². The molecule has 0 aliphatic heterocycles. The van der Waals surface area contributed by atoms with Crippen molar-refractivity contribution in [1.82, 2.24) is 0 Å². The smallest absolute Gasteiger partial charge is 0.00547 e. The molecule has 1 aliphatic carbocycles. The molecule has 2 aromatic rings. The van der Waals surface area contributed by atoms with Crippen molar-refractivity contribution in [3.63, 3.8) is 0 Å². The van der Waals surface area contributed by atoms with Gasteiger partial charge in [0.15, 0.2) is 0 Å². The molecule has 0 saturated heterocycles. The number of benzene rings is 2. The standard InChI is InChI=1S/C16H14/c1-2-7-13(6-1)12-15-10-5-9-14-8-3-4-11-16(14)15/h1-6,8-11H,7,12H2. The van der Waals surface area contributed by atoms with Gasteiger partial charge < -0.3 is 0 Å². The molecule has 0 nitrogen and oxygen atoms in total. The normalized spacial score (nSPS) is 14.4. The Morgan fingerprint density at radius 2 is 1.81 bits per heavy atom. The van der Waals surface area contributed by atoms with Crippen LogP contribution in [0.25, 0.3) is 10.8 Å². The van der Waals surface area contributed by atoms with Gasteiger partial charge in [0.2, 0.25) is 0 Å². The minimum Gasteiger partial charge on any atom is -0.0804 e. The molecule has 0 fully saturated rings. The maximum Gasteiger partial charge on any atom is -0.00547 e. The Hall–Kier alpha value is -1.82. The summed E-state index contributed by atoms with van der Waals surface area (Å²) in [6, 6.07) is 15.2. The molecule has 2 aromatic carbocycles. The summed E-state index contributed by atoms with van der Waals surface area (Å²) in [5.74, 6) is 0. The maximum atomic E-state index is 2.24. The maximum absolute atomic E-state index is 2.24. The van der Waals surface area contributed by atoms with E-state index in [2.05, 4.69) is 60.7 Å². The van der Waals surface area contributed by atoms with Crippen molar-refractivity contribution in [2.24, 2.45) is 0 Å². The SMILES string of the molecule is C1=CCC(Cc2cccc3ccccc23)=C1. The fraction of sp³-hybridized carbons (Fsp3) is 0.125. The first-order chi connectivity index (χ1) is 7.93. The lowest BCUT2D eigenvalue weighted by atomic mass is 9.98. The average molecular weight is 206 g/mol. The molecule has 0 heteroatoms. The molecule has 16 heavy (non-hydrogen) atoms. The van der Waals surface area contributed by atoms with Crippen LogP contribution in [0, 0.1) is 0 Å². The molecule has 0 heterocycles. The number of hydrogen-bond donors (Lipinski definition) is 0. The van der Waals surface area contributed by atoms with Crippen LogP contribution in [0.4, 0.5) is 0 Å². The first-order valence-electron chi connectivity index (χ1n) is 5.75. The highest BCUT2D eigenvalue weighted by Gasteiger charge is 2.04. The van der Waals surface area contributed by atoms with E-state index in [1.807, 2.05) is 0 Å². The van der Waals surface area contributed by atoms with E-state index in [0.717, 1.165) is 12.8 Å². The molecule has 78 valence electrons. The third-order valence-corrected chi connectivity index (χ3v) is 3.15. The second-order valence-corrected chi connectivity index (χ2v) is 4.27. The largest absolute Gasteiger partial charge is 0.0804 e. The molecule has 0 unspecified atom stereocenters. The summed E-state index contributed by atoms with van der Waals surface area (Å²) in [4.78, 5) is 0. The molecule has 0 spiro atoms. The van der Waals surface area contributed by atoms with Gasteiger partial charge >= 0.3 is 0 Å². The van der Waals surface area contributed by atoms with Crippen LogP contribution in [0.2, 0.25) is 0 Å². The van der Waals surface area contributed by atoms with Gasteiger partial charge in [0.25, 0.3) is 0 Å². The number of hydrogen-bond acceptors (Lipinski definition) is 0. The fourth-order valence-electron chi connectivity index (χ4n) is 2.31. The molecule has 0 N–H and O–H groups in total. The summed E-state index contributed by atoms with van der Waals surface area (Å²) in [7, 11) is 0. The second kappa shape index (κ2) is 3.97. The molecule has 1 aliphatic rings. The third kappa shape index (κ3) is 1.67. The van der Waals surface area contributed by atoms with Crippen molar-refractivity contribution in [2.75, 3.05) is 0 Å². The number of rotatable bonds is 2. The highest BCUT2D eigenvalue weighted by Crippen LogP contribution is 2.23. The van der Waals surface area contributed by atoms with Gasteiger partial charge in [0, 0.05) is 0 Å². The topological polar surface area (TPSA) is 0 Å². The van der Waals surface area contributed by atoms with Gasteiger partial charge in [-0.1, -0.05) is 66.3 Å². The molecule has 0 radical (unpaired) electrons. The van der Waals surface area contributed by atoms with E-state index in [-0.39, 0.29) is 0 Å². The predicted molar refractivity (Wildman–Crippen MR) is 69.5 cm³/mol. The lowest BCUT2D eigenvalue weighted by molar-refractivity contribution is 1.10. The van der Waals surface area contributed by atoms with E-state index in [0.29, 0.717) is 0 Å². The lowest BCUT2D eigenvalue weighted by Crippen LogP contribution is -1.89. The molecule has 0 amide bonds. The second-order valence-electron chi connectivity index (χ2n) is 4.27. The summed E-state index contributed by atoms with van der Waals surface area (Å²) in [5, 5.41) is 2.73. The van der Waals surface area contributed by atoms with Gasteiger partial charge in [-0.05, 0) is 29.2 Å². The fourth-order valence-corrected chi connectivity index (χ4v) is 2.31. The Bertz CT molecular complexity index is 568. The van der Waals surface area contributed by atoms with Crippen LogP contribution >= 0.6 is 0 Å². The minimum absolute atomic E-state index is 1.08. The van der Waals surface area contributed by atoms with Gasteiger partial charge in [0.05, 0.1) is 0 Å². The molecule has 0 bridgehead atoms. The Morgan fingerprint density at radius 1 is 0.938 bits per heavy atom. The van der Waals surface area contributed by atoms with Crippen LogP contribution in [-0.2, 0) is 6.42 Å². The van der Waals surface area contributed by atoms with E-state index < -0.39 is 0 Å². The first kappa shape index (κ1) is 9.41. The lowest BCUT2D eigenvalue weighted by Gasteiger charge is -2.07. The van der Waals surface area contributed by atoms with E-state index in [9.17, 15) is 0 Å². The zero-order valence-corrected chi connectivity index (χ0v) is 9.19. The van der Waals surface area contributed by atoms with Gasteiger partial charge in [-0.25, -0.2) is 0 Å². The van der Waals surface area contributed by atoms with Crippen LogP contribution < -0.4 is 0 Å². The molecule has 3 rings (SSSR count). The van der Waals surface area contributed by atoms with Gasteiger partial charge in [-0.2, -0.15) is 0 Å². The minimum atomic E-state index is 1.08. The van der Waals surface area contributed by atoms with Crippen molar-refractivity contribution in [3.05, 3.63) is 71.8 Å². The van der Waals surface area contributed by atoms with E-state index in [1.165, 1.54) is 21.9 Å². The molecular formula is C16H14. The van der Waals surface area contributed by atoms with Crippen molar-refractivity contribution >= 4 is 10.8 Å². The van der Waals surface area contributed by atoms with Crippen molar-refractivity contribution in [3.8, 4) is 0 Å². The zero-order chi connectivity index (χ0) is 10.8. The third-order valence-electron chi connectivity index (χ3n) is 3.15. The molecule has 0 aromatic heterocycles. The molecule has 0 atom stereocenters.